The summed E-state index contributed by atoms with van der Waals surface area (Å²) < 4.78 is 0. The number of likely N-dealkylation sites (tertiary alicyclic amines) is 1. The van der Waals surface area contributed by atoms with Crippen molar-refractivity contribution in [3.63, 3.8) is 0 Å². The highest BCUT2D eigenvalue weighted by Crippen LogP contribution is 2.34. The molecule has 1 N–H and O–H groups in total. The molecule has 3 heteroatoms. The molecule has 2 saturated heterocycles. The fraction of sp³-hybridized carbons (Fsp3) is 0.917. The molecule has 0 bridgehead atoms. The minimum atomic E-state index is 0.427. The second-order valence-electron chi connectivity index (χ2n) is 5.36. The Morgan fingerprint density at radius 1 is 1.27 bits per heavy atom. The lowest BCUT2D eigenvalue weighted by atomic mass is 9.91. The van der Waals surface area contributed by atoms with Crippen LogP contribution in [0.5, 0.6) is 0 Å². The molecule has 1 saturated carbocycles. The predicted molar refractivity (Wildman–Crippen MR) is 58.4 cm³/mol. The van der Waals surface area contributed by atoms with Crippen LogP contribution in [-0.4, -0.2) is 36.5 Å². The van der Waals surface area contributed by atoms with Gasteiger partial charge in [-0.05, 0) is 37.5 Å². The molecule has 2 aliphatic heterocycles. The van der Waals surface area contributed by atoms with E-state index in [9.17, 15) is 4.79 Å². The molecular formula is C12H20N2O. The lowest BCUT2D eigenvalue weighted by Crippen LogP contribution is -2.48. The smallest absolute Gasteiger partial charge is 0.223 e. The van der Waals surface area contributed by atoms with Crippen LogP contribution in [-0.2, 0) is 4.79 Å². The van der Waals surface area contributed by atoms with Gasteiger partial charge >= 0.3 is 0 Å². The third-order valence-electron chi connectivity index (χ3n) is 4.16. The van der Waals surface area contributed by atoms with Crippen molar-refractivity contribution >= 4 is 5.91 Å². The van der Waals surface area contributed by atoms with Crippen molar-refractivity contribution in [2.45, 2.75) is 38.1 Å². The van der Waals surface area contributed by atoms with E-state index >= 15 is 0 Å². The van der Waals surface area contributed by atoms with Crippen molar-refractivity contribution in [1.82, 2.24) is 10.2 Å². The van der Waals surface area contributed by atoms with E-state index in [1.807, 2.05) is 0 Å². The fourth-order valence-electron chi connectivity index (χ4n) is 3.06. The van der Waals surface area contributed by atoms with E-state index in [2.05, 4.69) is 10.2 Å². The highest BCUT2D eigenvalue weighted by molar-refractivity contribution is 5.77. The third kappa shape index (κ3) is 1.89. The topological polar surface area (TPSA) is 32.3 Å². The van der Waals surface area contributed by atoms with Gasteiger partial charge < -0.3 is 10.2 Å². The van der Waals surface area contributed by atoms with Gasteiger partial charge in [0.15, 0.2) is 0 Å². The first-order chi connectivity index (χ1) is 7.34. The van der Waals surface area contributed by atoms with Gasteiger partial charge in [0, 0.05) is 32.1 Å². The van der Waals surface area contributed by atoms with E-state index in [1.54, 1.807) is 0 Å². The summed E-state index contributed by atoms with van der Waals surface area (Å²) in [6, 6.07) is 0.519. The zero-order chi connectivity index (χ0) is 10.3. The highest BCUT2D eigenvalue weighted by Gasteiger charge is 2.38. The molecular weight excluding hydrogens is 188 g/mol. The Balaban J connectivity index is 1.64. The van der Waals surface area contributed by atoms with Crippen molar-refractivity contribution in [3.05, 3.63) is 0 Å². The van der Waals surface area contributed by atoms with Crippen LogP contribution in [0, 0.1) is 11.8 Å². The molecule has 3 rings (SSSR count). The lowest BCUT2D eigenvalue weighted by molar-refractivity contribution is -0.135. The third-order valence-corrected chi connectivity index (χ3v) is 4.16. The number of carbonyl (C=O) groups is 1. The maximum absolute atomic E-state index is 12.1. The summed E-state index contributed by atoms with van der Waals surface area (Å²) in [6.45, 7) is 3.16. The van der Waals surface area contributed by atoms with Crippen molar-refractivity contribution in [1.29, 1.82) is 0 Å². The number of nitrogens with one attached hydrogen (secondary N) is 1. The Labute approximate surface area is 91.2 Å². The number of hydrogen-bond donors (Lipinski definition) is 1. The molecule has 0 aromatic carbocycles. The number of hydrogen-bond acceptors (Lipinski definition) is 2. The fourth-order valence-corrected chi connectivity index (χ4v) is 3.06. The van der Waals surface area contributed by atoms with Gasteiger partial charge in [-0.3, -0.25) is 4.79 Å². The van der Waals surface area contributed by atoms with E-state index < -0.39 is 0 Å². The molecule has 0 aromatic rings. The zero-order valence-corrected chi connectivity index (χ0v) is 9.24. The largest absolute Gasteiger partial charge is 0.338 e. The molecule has 0 radical (unpaired) electrons. The second kappa shape index (κ2) is 3.78. The molecule has 1 aliphatic carbocycles. The van der Waals surface area contributed by atoms with Gasteiger partial charge in [0.2, 0.25) is 5.91 Å². The highest BCUT2D eigenvalue weighted by atomic mass is 16.2. The summed E-state index contributed by atoms with van der Waals surface area (Å²) in [5.41, 5.74) is 0. The van der Waals surface area contributed by atoms with E-state index in [0.717, 1.165) is 37.9 Å². The average molecular weight is 208 g/mol. The Morgan fingerprint density at radius 3 is 2.93 bits per heavy atom. The van der Waals surface area contributed by atoms with E-state index in [1.165, 1.54) is 25.7 Å². The van der Waals surface area contributed by atoms with Gasteiger partial charge in [-0.15, -0.1) is 0 Å². The van der Waals surface area contributed by atoms with Crippen LogP contribution in [0.2, 0.25) is 0 Å². The Kier molecular flexibility index (Phi) is 2.43. The van der Waals surface area contributed by atoms with Crippen molar-refractivity contribution in [2.24, 2.45) is 11.8 Å². The van der Waals surface area contributed by atoms with Crippen LogP contribution < -0.4 is 5.32 Å². The molecule has 15 heavy (non-hydrogen) atoms. The molecule has 84 valence electrons. The minimum Gasteiger partial charge on any atom is -0.338 e. The van der Waals surface area contributed by atoms with Gasteiger partial charge in [0.05, 0.1) is 0 Å². The normalized spacial score (nSPS) is 35.3. The van der Waals surface area contributed by atoms with Gasteiger partial charge in [-0.25, -0.2) is 0 Å². The quantitative estimate of drug-likeness (QED) is 0.734. The summed E-state index contributed by atoms with van der Waals surface area (Å²) in [7, 11) is 0. The van der Waals surface area contributed by atoms with Crippen LogP contribution in [0.15, 0.2) is 0 Å². The minimum absolute atomic E-state index is 0.427. The van der Waals surface area contributed by atoms with E-state index in [4.69, 9.17) is 0 Å². The number of nitrogens with zero attached hydrogens (tertiary/aromatic N) is 1. The Morgan fingerprint density at radius 2 is 2.13 bits per heavy atom. The van der Waals surface area contributed by atoms with Crippen molar-refractivity contribution < 1.29 is 4.79 Å². The molecule has 2 unspecified atom stereocenters. The molecule has 0 spiro atoms. The van der Waals surface area contributed by atoms with Crippen LogP contribution in [0.3, 0.4) is 0 Å². The molecule has 3 nitrogen and oxygen atoms in total. The van der Waals surface area contributed by atoms with Crippen LogP contribution >= 0.6 is 0 Å². The maximum Gasteiger partial charge on any atom is 0.223 e. The van der Waals surface area contributed by atoms with Gasteiger partial charge in [0.1, 0.15) is 0 Å². The first-order valence-corrected chi connectivity index (χ1v) is 6.35. The molecule has 3 fully saturated rings. The Bertz CT molecular complexity index is 262. The number of amides is 1. The maximum atomic E-state index is 12.1. The number of carbonyl (C=O) groups excluding carboxylic acids is 1. The summed E-state index contributed by atoms with van der Waals surface area (Å²) in [4.78, 5) is 14.3. The molecule has 3 aliphatic rings. The van der Waals surface area contributed by atoms with Crippen molar-refractivity contribution in [2.75, 3.05) is 19.6 Å². The predicted octanol–water partition coefficient (Wildman–Crippen LogP) is 0.997. The zero-order valence-electron chi connectivity index (χ0n) is 9.24. The monoisotopic (exact) mass is 208 g/mol. The summed E-state index contributed by atoms with van der Waals surface area (Å²) in [6.07, 6.45) is 5.91. The number of fused-ring (bicyclic) bond motifs is 1. The van der Waals surface area contributed by atoms with E-state index in [0.29, 0.717) is 11.9 Å². The molecule has 1 amide bonds. The lowest BCUT2D eigenvalue weighted by Gasteiger charge is -2.37. The van der Waals surface area contributed by atoms with Gasteiger partial charge in [-0.2, -0.15) is 0 Å². The summed E-state index contributed by atoms with van der Waals surface area (Å²) in [5, 5.41) is 3.42. The standard InChI is InChI=1S/C12H20N2O/c15-12(6-9-3-4-9)14-5-1-2-10-7-13-8-11(10)14/h9-11,13H,1-8H2. The van der Waals surface area contributed by atoms with Gasteiger partial charge in [0.25, 0.3) is 0 Å². The summed E-state index contributed by atoms with van der Waals surface area (Å²) in [5.74, 6) is 1.89. The SMILES string of the molecule is O=C(CC1CC1)N1CCCC2CNCC21. The van der Waals surface area contributed by atoms with Gasteiger partial charge in [-0.1, -0.05) is 0 Å². The molecule has 2 heterocycles. The van der Waals surface area contributed by atoms with E-state index in [-0.39, 0.29) is 0 Å². The number of rotatable bonds is 2. The van der Waals surface area contributed by atoms with Crippen molar-refractivity contribution in [3.8, 4) is 0 Å². The number of piperidine rings is 1. The first kappa shape index (κ1) is 9.64. The average Bonchev–Trinajstić information content (AvgIpc) is 2.93. The molecule has 0 aromatic heterocycles. The second-order valence-corrected chi connectivity index (χ2v) is 5.36. The first-order valence-electron chi connectivity index (χ1n) is 6.35. The Hall–Kier alpha value is -0.570. The molecule has 2 atom stereocenters. The summed E-state index contributed by atoms with van der Waals surface area (Å²) >= 11 is 0. The van der Waals surface area contributed by atoms with Crippen LogP contribution in [0.4, 0.5) is 0 Å². The van der Waals surface area contributed by atoms with Crippen LogP contribution in [0.25, 0.3) is 0 Å². The van der Waals surface area contributed by atoms with Crippen LogP contribution in [0.1, 0.15) is 32.1 Å².